The van der Waals surface area contributed by atoms with Crippen LogP contribution in [0.15, 0.2) is 42.7 Å². The van der Waals surface area contributed by atoms with E-state index in [1.54, 1.807) is 11.0 Å². The number of aromatic nitrogens is 3. The maximum absolute atomic E-state index is 4.07. The molecule has 1 aliphatic carbocycles. The Morgan fingerprint density at radius 3 is 3.07 bits per heavy atom. The molecule has 1 aromatic rings. The van der Waals surface area contributed by atoms with Crippen LogP contribution in [0.3, 0.4) is 0 Å². The van der Waals surface area contributed by atoms with Crippen molar-refractivity contribution in [3.8, 4) is 0 Å². The molecule has 0 saturated carbocycles. The molecule has 72 valence electrons. The minimum Gasteiger partial charge on any atom is -0.391 e. The molecule has 1 N–H and O–H groups in total. The van der Waals surface area contributed by atoms with Crippen molar-refractivity contribution in [2.24, 2.45) is 0 Å². The van der Waals surface area contributed by atoms with Crippen LogP contribution in [0.4, 0.5) is 0 Å². The minimum absolute atomic E-state index is 0.922. The van der Waals surface area contributed by atoms with Gasteiger partial charge in [-0.25, -0.2) is 9.67 Å². The summed E-state index contributed by atoms with van der Waals surface area (Å²) in [6.45, 7) is 0. The Bertz CT molecular complexity index is 384. The van der Waals surface area contributed by atoms with E-state index in [-0.39, 0.29) is 0 Å². The molecule has 0 aromatic carbocycles. The lowest BCUT2D eigenvalue weighted by molar-refractivity contribution is 0.909. The molecule has 0 amide bonds. The lowest BCUT2D eigenvalue weighted by Gasteiger charge is -1.98. The monoisotopic (exact) mass is 188 g/mol. The third kappa shape index (κ3) is 1.74. The molecular formula is C10H12N4. The molecular weight excluding hydrogens is 176 g/mol. The summed E-state index contributed by atoms with van der Waals surface area (Å²) in [7, 11) is 1.92. The van der Waals surface area contributed by atoms with Crippen molar-refractivity contribution >= 4 is 5.70 Å². The van der Waals surface area contributed by atoms with Gasteiger partial charge in [0.15, 0.2) is 0 Å². The zero-order valence-corrected chi connectivity index (χ0v) is 8.01. The highest BCUT2D eigenvalue weighted by molar-refractivity contribution is 5.59. The standard InChI is InChI=1S/C10H12N4/c1-11-9-3-2-4-10(6-5-9)14-8-12-7-13-14/h2,4-8,11H,3H2,1H3. The molecule has 1 aromatic heterocycles. The van der Waals surface area contributed by atoms with Crippen molar-refractivity contribution in [2.75, 3.05) is 7.05 Å². The molecule has 0 spiro atoms. The van der Waals surface area contributed by atoms with E-state index in [9.17, 15) is 0 Å². The van der Waals surface area contributed by atoms with Crippen molar-refractivity contribution in [3.63, 3.8) is 0 Å². The summed E-state index contributed by atoms with van der Waals surface area (Å²) in [6.07, 6.45) is 12.3. The number of nitrogens with one attached hydrogen (secondary N) is 1. The number of nitrogens with zero attached hydrogens (tertiary/aromatic N) is 3. The smallest absolute Gasteiger partial charge is 0.138 e. The molecule has 0 radical (unpaired) electrons. The van der Waals surface area contributed by atoms with Gasteiger partial charge in [-0.1, -0.05) is 6.08 Å². The van der Waals surface area contributed by atoms with Crippen LogP contribution in [0.1, 0.15) is 6.42 Å². The molecule has 4 heteroatoms. The number of hydrogen-bond acceptors (Lipinski definition) is 3. The van der Waals surface area contributed by atoms with Crippen molar-refractivity contribution < 1.29 is 0 Å². The fourth-order valence-corrected chi connectivity index (χ4v) is 1.30. The summed E-state index contributed by atoms with van der Waals surface area (Å²) in [5, 5.41) is 7.20. The molecule has 0 aliphatic heterocycles. The second-order valence-corrected chi connectivity index (χ2v) is 2.98. The molecule has 0 unspecified atom stereocenters. The molecule has 0 fully saturated rings. The Kier molecular flexibility index (Phi) is 2.44. The fraction of sp³-hybridized carbons (Fsp3) is 0.200. The van der Waals surface area contributed by atoms with Crippen LogP contribution in [0.2, 0.25) is 0 Å². The van der Waals surface area contributed by atoms with Crippen molar-refractivity contribution in [2.45, 2.75) is 6.42 Å². The third-order valence-corrected chi connectivity index (χ3v) is 2.09. The van der Waals surface area contributed by atoms with Crippen molar-refractivity contribution in [1.82, 2.24) is 20.1 Å². The first-order chi connectivity index (χ1) is 6.90. The van der Waals surface area contributed by atoms with Gasteiger partial charge in [0, 0.05) is 19.2 Å². The zero-order valence-electron chi connectivity index (χ0n) is 8.01. The van der Waals surface area contributed by atoms with Crippen molar-refractivity contribution in [1.29, 1.82) is 0 Å². The van der Waals surface area contributed by atoms with E-state index in [2.05, 4.69) is 27.6 Å². The van der Waals surface area contributed by atoms with Crippen molar-refractivity contribution in [3.05, 3.63) is 42.7 Å². The van der Waals surface area contributed by atoms with E-state index < -0.39 is 0 Å². The number of allylic oxidation sites excluding steroid dienone is 5. The minimum atomic E-state index is 0.922. The van der Waals surface area contributed by atoms with Gasteiger partial charge < -0.3 is 5.32 Å². The van der Waals surface area contributed by atoms with Crippen LogP contribution < -0.4 is 5.32 Å². The summed E-state index contributed by atoms with van der Waals surface area (Å²) >= 11 is 0. The van der Waals surface area contributed by atoms with Crippen LogP contribution >= 0.6 is 0 Å². The van der Waals surface area contributed by atoms with Crippen LogP contribution in [-0.2, 0) is 0 Å². The van der Waals surface area contributed by atoms with Gasteiger partial charge in [-0.2, -0.15) is 5.10 Å². The first kappa shape index (κ1) is 8.74. The normalized spacial score (nSPS) is 15.8. The highest BCUT2D eigenvalue weighted by Gasteiger charge is 1.99. The molecule has 1 aliphatic rings. The molecule has 0 saturated heterocycles. The summed E-state index contributed by atoms with van der Waals surface area (Å²) in [5.74, 6) is 0. The summed E-state index contributed by atoms with van der Waals surface area (Å²) in [5.41, 5.74) is 2.21. The van der Waals surface area contributed by atoms with E-state index in [4.69, 9.17) is 0 Å². The highest BCUT2D eigenvalue weighted by Crippen LogP contribution is 2.11. The van der Waals surface area contributed by atoms with Gasteiger partial charge in [0.25, 0.3) is 0 Å². The van der Waals surface area contributed by atoms with E-state index in [1.165, 1.54) is 12.0 Å². The van der Waals surface area contributed by atoms with Gasteiger partial charge in [-0.3, -0.25) is 0 Å². The molecule has 0 atom stereocenters. The average molecular weight is 188 g/mol. The quantitative estimate of drug-likeness (QED) is 0.758. The summed E-state index contributed by atoms with van der Waals surface area (Å²) in [6, 6.07) is 0. The van der Waals surface area contributed by atoms with E-state index in [0.717, 1.165) is 12.1 Å². The van der Waals surface area contributed by atoms with E-state index in [0.29, 0.717) is 0 Å². The second-order valence-electron chi connectivity index (χ2n) is 2.98. The van der Waals surface area contributed by atoms with Gasteiger partial charge >= 0.3 is 0 Å². The Morgan fingerprint density at radius 2 is 2.36 bits per heavy atom. The SMILES string of the molecule is CNC1=CC=C(n2cncn2)C=CC1. The van der Waals surface area contributed by atoms with Crippen LogP contribution in [0.25, 0.3) is 5.70 Å². The topological polar surface area (TPSA) is 42.7 Å². The summed E-state index contributed by atoms with van der Waals surface area (Å²) in [4.78, 5) is 3.91. The molecule has 0 bridgehead atoms. The Hall–Kier alpha value is -1.84. The number of rotatable bonds is 2. The zero-order chi connectivity index (χ0) is 9.80. The Labute approximate surface area is 82.7 Å². The lowest BCUT2D eigenvalue weighted by atomic mass is 10.3. The van der Waals surface area contributed by atoms with Gasteiger partial charge in [0.05, 0.1) is 5.70 Å². The molecule has 14 heavy (non-hydrogen) atoms. The van der Waals surface area contributed by atoms with E-state index >= 15 is 0 Å². The molecule has 4 nitrogen and oxygen atoms in total. The predicted octanol–water partition coefficient (Wildman–Crippen LogP) is 1.18. The molecule has 2 rings (SSSR count). The largest absolute Gasteiger partial charge is 0.391 e. The summed E-state index contributed by atoms with van der Waals surface area (Å²) < 4.78 is 1.74. The van der Waals surface area contributed by atoms with Gasteiger partial charge in [0.2, 0.25) is 0 Å². The van der Waals surface area contributed by atoms with E-state index in [1.807, 2.05) is 19.2 Å². The Morgan fingerprint density at radius 1 is 1.43 bits per heavy atom. The van der Waals surface area contributed by atoms with Gasteiger partial charge in [-0.05, 0) is 18.2 Å². The van der Waals surface area contributed by atoms with Gasteiger partial charge in [0.1, 0.15) is 12.7 Å². The average Bonchev–Trinajstić information content (AvgIpc) is 2.63. The maximum Gasteiger partial charge on any atom is 0.138 e. The predicted molar refractivity (Wildman–Crippen MR) is 55.2 cm³/mol. The fourth-order valence-electron chi connectivity index (χ4n) is 1.30. The molecule has 1 heterocycles. The number of hydrogen-bond donors (Lipinski definition) is 1. The highest BCUT2D eigenvalue weighted by atomic mass is 15.3. The van der Waals surface area contributed by atoms with Crippen LogP contribution in [-0.4, -0.2) is 21.8 Å². The second kappa shape index (κ2) is 3.91. The first-order valence-electron chi connectivity index (χ1n) is 4.50. The lowest BCUT2D eigenvalue weighted by Crippen LogP contribution is -2.03. The Balaban J connectivity index is 2.29. The van der Waals surface area contributed by atoms with Crippen LogP contribution in [0.5, 0.6) is 0 Å². The maximum atomic E-state index is 4.07. The third-order valence-electron chi connectivity index (χ3n) is 2.09. The first-order valence-corrected chi connectivity index (χ1v) is 4.50. The van der Waals surface area contributed by atoms with Crippen LogP contribution in [0, 0.1) is 0 Å². The van der Waals surface area contributed by atoms with Gasteiger partial charge in [-0.15, -0.1) is 0 Å².